The van der Waals surface area contributed by atoms with Crippen LogP contribution in [-0.2, 0) is 21.7 Å². The highest BCUT2D eigenvalue weighted by Gasteiger charge is 2.38. The summed E-state index contributed by atoms with van der Waals surface area (Å²) in [6, 6.07) is 1.46. The van der Waals surface area contributed by atoms with Crippen LogP contribution in [0, 0.1) is 0 Å². The number of nitrogens with one attached hydrogen (secondary N) is 1. The fourth-order valence-corrected chi connectivity index (χ4v) is 2.43. The highest BCUT2D eigenvalue weighted by atomic mass is 16.5. The molecule has 1 aliphatic rings. The van der Waals surface area contributed by atoms with Crippen molar-refractivity contribution in [1.82, 2.24) is 9.97 Å². The molecular weight excluding hydrogens is 220 g/mol. The van der Waals surface area contributed by atoms with Gasteiger partial charge in [0.1, 0.15) is 11.4 Å². The summed E-state index contributed by atoms with van der Waals surface area (Å²) in [5, 5.41) is 0. The zero-order valence-electron chi connectivity index (χ0n) is 10.3. The highest BCUT2D eigenvalue weighted by Crippen LogP contribution is 2.39. The average Bonchev–Trinajstić information content (AvgIpc) is 2.78. The van der Waals surface area contributed by atoms with E-state index < -0.39 is 5.60 Å². The fraction of sp³-hybridized carbons (Fsp3) is 0.667. The first kappa shape index (κ1) is 12.3. The van der Waals surface area contributed by atoms with Crippen molar-refractivity contribution in [2.24, 2.45) is 0 Å². The van der Waals surface area contributed by atoms with E-state index in [0.717, 1.165) is 25.7 Å². The third-order valence-corrected chi connectivity index (χ3v) is 3.32. The minimum absolute atomic E-state index is 0.148. The predicted molar refractivity (Wildman–Crippen MR) is 62.7 cm³/mol. The number of hydrogen-bond acceptors (Lipinski definition) is 4. The summed E-state index contributed by atoms with van der Waals surface area (Å²) in [7, 11) is 3.26. The molecule has 0 unspecified atom stereocenters. The van der Waals surface area contributed by atoms with Crippen LogP contribution in [0.1, 0.15) is 37.2 Å². The van der Waals surface area contributed by atoms with Gasteiger partial charge in [-0.15, -0.1) is 0 Å². The first-order chi connectivity index (χ1) is 8.20. The van der Waals surface area contributed by atoms with E-state index in [4.69, 9.17) is 9.47 Å². The summed E-state index contributed by atoms with van der Waals surface area (Å²) in [5.41, 5.74) is 0.0862. The molecule has 1 aromatic rings. The van der Waals surface area contributed by atoms with Gasteiger partial charge in [-0.3, -0.25) is 4.79 Å². The normalized spacial score (nSPS) is 18.5. The smallest absolute Gasteiger partial charge is 0.251 e. The summed E-state index contributed by atoms with van der Waals surface area (Å²) in [4.78, 5) is 18.8. The molecule has 1 N–H and O–H groups in total. The van der Waals surface area contributed by atoms with E-state index in [2.05, 4.69) is 9.97 Å². The Labute approximate surface area is 100 Å². The van der Waals surface area contributed by atoms with Gasteiger partial charge in [0, 0.05) is 20.3 Å². The van der Waals surface area contributed by atoms with Crippen LogP contribution in [0.2, 0.25) is 0 Å². The van der Waals surface area contributed by atoms with Gasteiger partial charge in [0.15, 0.2) is 0 Å². The Morgan fingerprint density at radius 3 is 2.71 bits per heavy atom. The topological polar surface area (TPSA) is 64.2 Å². The van der Waals surface area contributed by atoms with Crippen LogP contribution in [-0.4, -0.2) is 24.2 Å². The third kappa shape index (κ3) is 2.40. The predicted octanol–water partition coefficient (Wildman–Crippen LogP) is 1.33. The van der Waals surface area contributed by atoms with Crippen LogP contribution >= 0.6 is 0 Å². The second-order valence-electron chi connectivity index (χ2n) is 4.42. The maximum atomic E-state index is 11.6. The van der Waals surface area contributed by atoms with Crippen molar-refractivity contribution in [3.05, 3.63) is 27.9 Å². The van der Waals surface area contributed by atoms with E-state index >= 15 is 0 Å². The Balaban J connectivity index is 2.39. The number of nitrogens with zero attached hydrogens (tertiary/aromatic N) is 1. The van der Waals surface area contributed by atoms with Crippen LogP contribution in [0.4, 0.5) is 0 Å². The Morgan fingerprint density at radius 2 is 2.12 bits per heavy atom. The SMILES string of the molecule is COCc1cc(=O)[nH]c(C2(OC)CCCC2)n1. The van der Waals surface area contributed by atoms with Crippen molar-refractivity contribution in [2.75, 3.05) is 14.2 Å². The number of ether oxygens (including phenoxy) is 2. The molecule has 0 spiro atoms. The Morgan fingerprint density at radius 1 is 1.41 bits per heavy atom. The number of methoxy groups -OCH3 is 2. The van der Waals surface area contributed by atoms with Gasteiger partial charge in [-0.25, -0.2) is 4.98 Å². The minimum Gasteiger partial charge on any atom is -0.378 e. The fourth-order valence-electron chi connectivity index (χ4n) is 2.43. The molecule has 1 fully saturated rings. The maximum absolute atomic E-state index is 11.6. The summed E-state index contributed by atoms with van der Waals surface area (Å²) in [6.07, 6.45) is 4.02. The lowest BCUT2D eigenvalue weighted by Gasteiger charge is -2.26. The molecular formula is C12H18N2O3. The lowest BCUT2D eigenvalue weighted by molar-refractivity contribution is -0.0169. The van der Waals surface area contributed by atoms with E-state index in [9.17, 15) is 4.79 Å². The van der Waals surface area contributed by atoms with Crippen LogP contribution in [0.15, 0.2) is 10.9 Å². The quantitative estimate of drug-likeness (QED) is 0.859. The van der Waals surface area contributed by atoms with Crippen molar-refractivity contribution >= 4 is 0 Å². The van der Waals surface area contributed by atoms with Gasteiger partial charge in [0.2, 0.25) is 0 Å². The van der Waals surface area contributed by atoms with Crippen molar-refractivity contribution in [3.8, 4) is 0 Å². The molecule has 0 aromatic carbocycles. The zero-order valence-corrected chi connectivity index (χ0v) is 10.3. The number of H-pyrrole nitrogens is 1. The van der Waals surface area contributed by atoms with Gasteiger partial charge in [-0.2, -0.15) is 0 Å². The van der Waals surface area contributed by atoms with E-state index in [1.165, 1.54) is 6.07 Å². The van der Waals surface area contributed by atoms with Gasteiger partial charge in [-0.1, -0.05) is 0 Å². The highest BCUT2D eigenvalue weighted by molar-refractivity contribution is 5.10. The Bertz CT molecular complexity index is 436. The Kier molecular flexibility index (Phi) is 3.59. The average molecular weight is 238 g/mol. The molecule has 0 radical (unpaired) electrons. The minimum atomic E-state index is -0.414. The largest absolute Gasteiger partial charge is 0.378 e. The third-order valence-electron chi connectivity index (χ3n) is 3.32. The second kappa shape index (κ2) is 4.98. The summed E-state index contributed by atoms with van der Waals surface area (Å²) >= 11 is 0. The molecule has 1 aliphatic carbocycles. The summed E-state index contributed by atoms with van der Waals surface area (Å²) < 4.78 is 10.6. The van der Waals surface area contributed by atoms with Crippen LogP contribution in [0.3, 0.4) is 0 Å². The van der Waals surface area contributed by atoms with E-state index in [1.807, 2.05) is 0 Å². The molecule has 0 bridgehead atoms. The maximum Gasteiger partial charge on any atom is 0.251 e. The van der Waals surface area contributed by atoms with Crippen molar-refractivity contribution < 1.29 is 9.47 Å². The molecule has 94 valence electrons. The molecule has 1 aromatic heterocycles. The van der Waals surface area contributed by atoms with Gasteiger partial charge >= 0.3 is 0 Å². The lowest BCUT2D eigenvalue weighted by atomic mass is 10.0. The zero-order chi connectivity index (χ0) is 12.3. The molecule has 0 atom stereocenters. The van der Waals surface area contributed by atoms with Gasteiger partial charge in [-0.05, 0) is 25.7 Å². The second-order valence-corrected chi connectivity index (χ2v) is 4.42. The van der Waals surface area contributed by atoms with Crippen molar-refractivity contribution in [2.45, 2.75) is 37.9 Å². The molecule has 5 nitrogen and oxygen atoms in total. The van der Waals surface area contributed by atoms with Gasteiger partial charge in [0.25, 0.3) is 5.56 Å². The number of rotatable bonds is 4. The van der Waals surface area contributed by atoms with Crippen LogP contribution in [0.25, 0.3) is 0 Å². The van der Waals surface area contributed by atoms with Crippen molar-refractivity contribution in [3.63, 3.8) is 0 Å². The standard InChI is InChI=1S/C12H18N2O3/c1-16-8-9-7-10(15)14-11(13-9)12(17-2)5-3-4-6-12/h7H,3-6,8H2,1-2H3,(H,13,14,15). The number of hydrogen-bond donors (Lipinski definition) is 1. The van der Waals surface area contributed by atoms with E-state index in [1.54, 1.807) is 14.2 Å². The molecule has 1 saturated carbocycles. The molecule has 0 amide bonds. The van der Waals surface area contributed by atoms with E-state index in [-0.39, 0.29) is 5.56 Å². The Hall–Kier alpha value is -1.20. The van der Waals surface area contributed by atoms with Crippen LogP contribution in [0.5, 0.6) is 0 Å². The molecule has 1 heterocycles. The first-order valence-electron chi connectivity index (χ1n) is 5.85. The van der Waals surface area contributed by atoms with Gasteiger partial charge in [0.05, 0.1) is 12.3 Å². The molecule has 0 aliphatic heterocycles. The van der Waals surface area contributed by atoms with Crippen LogP contribution < -0.4 is 5.56 Å². The first-order valence-corrected chi connectivity index (χ1v) is 5.85. The molecule has 0 saturated heterocycles. The molecule has 17 heavy (non-hydrogen) atoms. The number of aromatic amines is 1. The molecule has 2 rings (SSSR count). The van der Waals surface area contributed by atoms with E-state index in [0.29, 0.717) is 18.1 Å². The summed E-state index contributed by atoms with van der Waals surface area (Å²) in [6.45, 7) is 0.344. The summed E-state index contributed by atoms with van der Waals surface area (Å²) in [5.74, 6) is 0.636. The van der Waals surface area contributed by atoms with Gasteiger partial charge < -0.3 is 14.5 Å². The lowest BCUT2D eigenvalue weighted by Crippen LogP contribution is -2.30. The molecule has 5 heteroatoms. The monoisotopic (exact) mass is 238 g/mol. The number of aromatic nitrogens is 2. The van der Waals surface area contributed by atoms with Crippen molar-refractivity contribution in [1.29, 1.82) is 0 Å².